The summed E-state index contributed by atoms with van der Waals surface area (Å²) in [6.45, 7) is 0. The van der Waals surface area contributed by atoms with Crippen molar-refractivity contribution in [2.24, 2.45) is 0 Å². The molecule has 3 rings (SSSR count). The van der Waals surface area contributed by atoms with Gasteiger partial charge < -0.3 is 9.55 Å². The van der Waals surface area contributed by atoms with Crippen LogP contribution in [0.2, 0.25) is 0 Å². The molecule has 1 aromatic heterocycles. The molecule has 1 aliphatic heterocycles. The maximum Gasteiger partial charge on any atom is 0.178 e. The molecule has 0 aliphatic carbocycles. The second-order valence-corrected chi connectivity index (χ2v) is 6.78. The molecular formula is C12H13BrN2S2. The van der Waals surface area contributed by atoms with Gasteiger partial charge in [-0.25, -0.2) is 0 Å². The van der Waals surface area contributed by atoms with Crippen molar-refractivity contribution in [2.45, 2.75) is 18.9 Å². The fraction of sp³-hybridized carbons (Fsp3) is 0.417. The molecule has 1 saturated heterocycles. The minimum absolute atomic E-state index is 0.546. The number of aromatic amines is 1. The van der Waals surface area contributed by atoms with Gasteiger partial charge in [0, 0.05) is 16.3 Å². The lowest BCUT2D eigenvalue weighted by molar-refractivity contribution is 0.506. The van der Waals surface area contributed by atoms with E-state index < -0.39 is 0 Å². The number of aromatic nitrogens is 2. The first-order valence-corrected chi connectivity index (χ1v) is 8.09. The van der Waals surface area contributed by atoms with Gasteiger partial charge >= 0.3 is 0 Å². The van der Waals surface area contributed by atoms with Crippen molar-refractivity contribution < 1.29 is 0 Å². The summed E-state index contributed by atoms with van der Waals surface area (Å²) in [5.74, 6) is 2.46. The summed E-state index contributed by atoms with van der Waals surface area (Å²) in [5, 5.41) is 0. The second kappa shape index (κ2) is 4.78. The van der Waals surface area contributed by atoms with Gasteiger partial charge in [-0.3, -0.25) is 0 Å². The Kier molecular flexibility index (Phi) is 3.32. The molecule has 2 heterocycles. The predicted octanol–water partition coefficient (Wildman–Crippen LogP) is 4.53. The van der Waals surface area contributed by atoms with Crippen LogP contribution in [-0.4, -0.2) is 21.1 Å². The average Bonchev–Trinajstić information content (AvgIpc) is 2.65. The van der Waals surface area contributed by atoms with E-state index in [-0.39, 0.29) is 0 Å². The highest BCUT2D eigenvalue weighted by Gasteiger charge is 2.18. The summed E-state index contributed by atoms with van der Waals surface area (Å²) in [5.41, 5.74) is 2.35. The molecule has 0 radical (unpaired) electrons. The lowest BCUT2D eigenvalue weighted by atomic mass is 10.2. The Balaban J connectivity index is 2.16. The Morgan fingerprint density at radius 2 is 2.35 bits per heavy atom. The lowest BCUT2D eigenvalue weighted by Gasteiger charge is -2.23. The zero-order valence-electron chi connectivity index (χ0n) is 9.28. The van der Waals surface area contributed by atoms with Crippen molar-refractivity contribution in [1.82, 2.24) is 9.55 Å². The minimum Gasteiger partial charge on any atom is -0.331 e. The standard InChI is InChI=1S/C12H13BrN2S2/c13-8-3-4-10-11(6-8)15(12(16)14-10)9-2-1-5-17-7-9/h3-4,6,9H,1-2,5,7H2,(H,14,16). The summed E-state index contributed by atoms with van der Waals surface area (Å²) in [6, 6.07) is 6.83. The van der Waals surface area contributed by atoms with E-state index in [0.29, 0.717) is 6.04 Å². The summed E-state index contributed by atoms with van der Waals surface area (Å²) >= 11 is 11.0. The molecular weight excluding hydrogens is 316 g/mol. The van der Waals surface area contributed by atoms with Crippen LogP contribution in [0, 0.1) is 4.77 Å². The number of imidazole rings is 1. The van der Waals surface area contributed by atoms with E-state index >= 15 is 0 Å². The summed E-state index contributed by atoms with van der Waals surface area (Å²) < 4.78 is 4.25. The number of nitrogens with zero attached hydrogens (tertiary/aromatic N) is 1. The molecule has 2 nitrogen and oxygen atoms in total. The summed E-state index contributed by atoms with van der Waals surface area (Å²) in [6.07, 6.45) is 2.53. The van der Waals surface area contributed by atoms with Crippen LogP contribution in [-0.2, 0) is 0 Å². The largest absolute Gasteiger partial charge is 0.331 e. The van der Waals surface area contributed by atoms with Gasteiger partial charge in [0.1, 0.15) is 0 Å². The van der Waals surface area contributed by atoms with E-state index in [0.717, 1.165) is 14.8 Å². The molecule has 1 unspecified atom stereocenters. The van der Waals surface area contributed by atoms with Crippen LogP contribution in [0.4, 0.5) is 0 Å². The number of halogens is 1. The predicted molar refractivity (Wildman–Crippen MR) is 80.4 cm³/mol. The third-order valence-corrected chi connectivity index (χ3v) is 5.17. The number of H-pyrrole nitrogens is 1. The highest BCUT2D eigenvalue weighted by atomic mass is 79.9. The van der Waals surface area contributed by atoms with Gasteiger partial charge in [0.15, 0.2) is 4.77 Å². The number of hydrogen-bond donors (Lipinski definition) is 1. The van der Waals surface area contributed by atoms with Crippen LogP contribution in [0.5, 0.6) is 0 Å². The molecule has 0 amide bonds. The Labute approximate surface area is 118 Å². The SMILES string of the molecule is S=c1[nH]c2ccc(Br)cc2n1C1CCCSC1. The Morgan fingerprint density at radius 3 is 3.12 bits per heavy atom. The number of nitrogens with one attached hydrogen (secondary N) is 1. The van der Waals surface area contributed by atoms with Crippen molar-refractivity contribution >= 4 is 50.9 Å². The molecule has 1 aliphatic rings. The van der Waals surface area contributed by atoms with Crippen molar-refractivity contribution in [3.63, 3.8) is 0 Å². The lowest BCUT2D eigenvalue weighted by Crippen LogP contribution is -2.16. The van der Waals surface area contributed by atoms with Gasteiger partial charge in [0.05, 0.1) is 11.0 Å². The van der Waals surface area contributed by atoms with E-state index in [1.165, 1.54) is 29.9 Å². The molecule has 1 fully saturated rings. The Morgan fingerprint density at radius 1 is 1.47 bits per heavy atom. The molecule has 0 bridgehead atoms. The Bertz CT molecular complexity index is 596. The van der Waals surface area contributed by atoms with Crippen LogP contribution in [0.25, 0.3) is 11.0 Å². The van der Waals surface area contributed by atoms with Crippen molar-refractivity contribution in [2.75, 3.05) is 11.5 Å². The van der Waals surface area contributed by atoms with Gasteiger partial charge in [0.2, 0.25) is 0 Å². The normalized spacial score (nSPS) is 20.9. The van der Waals surface area contributed by atoms with E-state index in [4.69, 9.17) is 12.2 Å². The van der Waals surface area contributed by atoms with Gasteiger partial charge in [-0.05, 0) is 49.0 Å². The number of hydrogen-bond acceptors (Lipinski definition) is 2. The van der Waals surface area contributed by atoms with Gasteiger partial charge in [0.25, 0.3) is 0 Å². The van der Waals surface area contributed by atoms with Crippen LogP contribution in [0.15, 0.2) is 22.7 Å². The van der Waals surface area contributed by atoms with Crippen molar-refractivity contribution in [3.8, 4) is 0 Å². The zero-order chi connectivity index (χ0) is 11.8. The second-order valence-electron chi connectivity index (χ2n) is 4.33. The molecule has 2 aromatic rings. The summed E-state index contributed by atoms with van der Waals surface area (Å²) in [7, 11) is 0. The summed E-state index contributed by atoms with van der Waals surface area (Å²) in [4.78, 5) is 3.30. The first kappa shape index (κ1) is 11.8. The van der Waals surface area contributed by atoms with Crippen LogP contribution in [0.1, 0.15) is 18.9 Å². The monoisotopic (exact) mass is 328 g/mol. The number of thioether (sulfide) groups is 1. The molecule has 0 saturated carbocycles. The highest BCUT2D eigenvalue weighted by molar-refractivity contribution is 9.10. The van der Waals surface area contributed by atoms with Gasteiger partial charge in [-0.2, -0.15) is 11.8 Å². The topological polar surface area (TPSA) is 20.7 Å². The van der Waals surface area contributed by atoms with E-state index in [9.17, 15) is 0 Å². The van der Waals surface area contributed by atoms with Crippen molar-refractivity contribution in [1.29, 1.82) is 0 Å². The molecule has 90 valence electrons. The smallest absolute Gasteiger partial charge is 0.178 e. The number of benzene rings is 1. The molecule has 5 heteroatoms. The number of rotatable bonds is 1. The highest BCUT2D eigenvalue weighted by Crippen LogP contribution is 2.31. The number of fused-ring (bicyclic) bond motifs is 1. The molecule has 0 spiro atoms. The van der Waals surface area contributed by atoms with Crippen LogP contribution >= 0.6 is 39.9 Å². The first-order valence-electron chi connectivity index (χ1n) is 5.73. The molecule has 17 heavy (non-hydrogen) atoms. The van der Waals surface area contributed by atoms with Crippen molar-refractivity contribution in [3.05, 3.63) is 27.4 Å². The fourth-order valence-electron chi connectivity index (χ4n) is 2.38. The van der Waals surface area contributed by atoms with Gasteiger partial charge in [-0.15, -0.1) is 0 Å². The average molecular weight is 329 g/mol. The first-order chi connectivity index (χ1) is 8.25. The maximum atomic E-state index is 5.46. The quantitative estimate of drug-likeness (QED) is 0.776. The maximum absolute atomic E-state index is 5.46. The van der Waals surface area contributed by atoms with E-state index in [1.807, 2.05) is 17.8 Å². The Hall–Kier alpha value is -0.260. The van der Waals surface area contributed by atoms with E-state index in [1.54, 1.807) is 0 Å². The van der Waals surface area contributed by atoms with Gasteiger partial charge in [-0.1, -0.05) is 15.9 Å². The minimum atomic E-state index is 0.546. The van der Waals surface area contributed by atoms with Crippen LogP contribution in [0.3, 0.4) is 0 Å². The molecule has 1 atom stereocenters. The molecule has 1 aromatic carbocycles. The zero-order valence-corrected chi connectivity index (χ0v) is 12.5. The van der Waals surface area contributed by atoms with Crippen LogP contribution < -0.4 is 0 Å². The fourth-order valence-corrected chi connectivity index (χ4v) is 4.22. The third-order valence-electron chi connectivity index (χ3n) is 3.18. The third kappa shape index (κ3) is 2.20. The van der Waals surface area contributed by atoms with E-state index in [2.05, 4.69) is 37.6 Å². The molecule has 1 N–H and O–H groups in total.